The molecule has 0 spiro atoms. The Morgan fingerprint density at radius 2 is 2.37 bits per heavy atom. The summed E-state index contributed by atoms with van der Waals surface area (Å²) in [6.45, 7) is 0. The number of carbonyl (C=O) groups is 1. The standard InChI is InChI=1S/C12H8BrN3O2S/c13-7-1-2-8-9(16-18-10(8)5-7)6-11(17)15-12-14-3-4-19-12/h1-5H,6H2,(H,14,15,17). The van der Waals surface area contributed by atoms with E-state index < -0.39 is 0 Å². The number of benzene rings is 1. The second-order valence-corrected chi connectivity index (χ2v) is 5.64. The summed E-state index contributed by atoms with van der Waals surface area (Å²) in [7, 11) is 0. The normalized spacial score (nSPS) is 10.8. The van der Waals surface area contributed by atoms with Crippen LogP contribution in [0.3, 0.4) is 0 Å². The number of nitrogens with one attached hydrogen (secondary N) is 1. The predicted octanol–water partition coefficient (Wildman–Crippen LogP) is 3.23. The number of nitrogens with zero attached hydrogens (tertiary/aromatic N) is 2. The van der Waals surface area contributed by atoms with Crippen molar-refractivity contribution >= 4 is 49.3 Å². The Bertz CT molecular complexity index is 724. The monoisotopic (exact) mass is 337 g/mol. The predicted molar refractivity (Wildman–Crippen MR) is 76.2 cm³/mol. The van der Waals surface area contributed by atoms with E-state index >= 15 is 0 Å². The second-order valence-electron chi connectivity index (χ2n) is 3.83. The minimum Gasteiger partial charge on any atom is -0.356 e. The summed E-state index contributed by atoms with van der Waals surface area (Å²) >= 11 is 4.73. The highest BCUT2D eigenvalue weighted by Crippen LogP contribution is 2.23. The number of carbonyl (C=O) groups excluding carboxylic acids is 1. The van der Waals surface area contributed by atoms with Crippen molar-refractivity contribution in [3.05, 3.63) is 39.9 Å². The van der Waals surface area contributed by atoms with Crippen molar-refractivity contribution in [3.63, 3.8) is 0 Å². The zero-order valence-corrected chi connectivity index (χ0v) is 12.0. The van der Waals surface area contributed by atoms with Gasteiger partial charge in [0, 0.05) is 21.4 Å². The molecule has 0 aliphatic carbocycles. The molecule has 1 aromatic carbocycles. The number of halogens is 1. The number of anilines is 1. The summed E-state index contributed by atoms with van der Waals surface area (Å²) in [6, 6.07) is 5.59. The molecule has 0 radical (unpaired) electrons. The van der Waals surface area contributed by atoms with Gasteiger partial charge in [-0.3, -0.25) is 4.79 Å². The highest BCUT2D eigenvalue weighted by atomic mass is 79.9. The largest absolute Gasteiger partial charge is 0.356 e. The maximum atomic E-state index is 11.9. The molecule has 2 aromatic heterocycles. The molecule has 7 heteroatoms. The third-order valence-electron chi connectivity index (χ3n) is 2.52. The number of rotatable bonds is 3. The van der Waals surface area contributed by atoms with E-state index in [0.29, 0.717) is 16.4 Å². The minimum absolute atomic E-state index is 0.159. The van der Waals surface area contributed by atoms with E-state index in [1.807, 2.05) is 18.2 Å². The molecule has 0 atom stereocenters. The molecule has 0 aliphatic rings. The first-order valence-corrected chi connectivity index (χ1v) is 7.13. The lowest BCUT2D eigenvalue weighted by Crippen LogP contribution is -2.14. The van der Waals surface area contributed by atoms with Crippen LogP contribution in [0.5, 0.6) is 0 Å². The van der Waals surface area contributed by atoms with Crippen LogP contribution in [0.4, 0.5) is 5.13 Å². The molecule has 0 fully saturated rings. The van der Waals surface area contributed by atoms with Crippen molar-refractivity contribution in [3.8, 4) is 0 Å². The van der Waals surface area contributed by atoms with E-state index in [1.54, 1.807) is 11.6 Å². The van der Waals surface area contributed by atoms with Crippen molar-refractivity contribution in [2.75, 3.05) is 5.32 Å². The zero-order chi connectivity index (χ0) is 13.2. The molecule has 0 bridgehead atoms. The molecule has 5 nitrogen and oxygen atoms in total. The van der Waals surface area contributed by atoms with Gasteiger partial charge in [-0.05, 0) is 18.2 Å². The van der Waals surface area contributed by atoms with E-state index in [2.05, 4.69) is 31.4 Å². The fraction of sp³-hybridized carbons (Fsp3) is 0.0833. The van der Waals surface area contributed by atoms with Gasteiger partial charge in [-0.1, -0.05) is 21.1 Å². The van der Waals surface area contributed by atoms with Crippen LogP contribution >= 0.6 is 27.3 Å². The highest BCUT2D eigenvalue weighted by molar-refractivity contribution is 9.10. The summed E-state index contributed by atoms with van der Waals surface area (Å²) in [4.78, 5) is 15.8. The Morgan fingerprint density at radius 3 is 3.16 bits per heavy atom. The average Bonchev–Trinajstić information content (AvgIpc) is 2.99. The van der Waals surface area contributed by atoms with Gasteiger partial charge < -0.3 is 9.84 Å². The van der Waals surface area contributed by atoms with Gasteiger partial charge in [-0.2, -0.15) is 0 Å². The number of hydrogen-bond acceptors (Lipinski definition) is 5. The third-order valence-corrected chi connectivity index (χ3v) is 3.70. The Morgan fingerprint density at radius 1 is 1.47 bits per heavy atom. The maximum Gasteiger partial charge on any atom is 0.232 e. The Labute approximate surface area is 120 Å². The quantitative estimate of drug-likeness (QED) is 0.796. The van der Waals surface area contributed by atoms with Gasteiger partial charge in [-0.15, -0.1) is 11.3 Å². The first-order chi connectivity index (χ1) is 9.22. The SMILES string of the molecule is O=C(Cc1noc2cc(Br)ccc12)Nc1nccs1. The second kappa shape index (κ2) is 5.10. The fourth-order valence-corrected chi connectivity index (χ4v) is 2.58. The first-order valence-electron chi connectivity index (χ1n) is 5.45. The van der Waals surface area contributed by atoms with Gasteiger partial charge in [0.05, 0.1) is 6.42 Å². The molecule has 3 aromatic rings. The average molecular weight is 338 g/mol. The highest BCUT2D eigenvalue weighted by Gasteiger charge is 2.13. The summed E-state index contributed by atoms with van der Waals surface area (Å²) < 4.78 is 6.10. The van der Waals surface area contributed by atoms with E-state index in [9.17, 15) is 4.79 Å². The van der Waals surface area contributed by atoms with Crippen molar-refractivity contribution in [2.24, 2.45) is 0 Å². The molecule has 19 heavy (non-hydrogen) atoms. The van der Waals surface area contributed by atoms with Crippen LogP contribution in [-0.4, -0.2) is 16.0 Å². The van der Waals surface area contributed by atoms with Crippen LogP contribution in [0.1, 0.15) is 5.69 Å². The lowest BCUT2D eigenvalue weighted by molar-refractivity contribution is -0.115. The van der Waals surface area contributed by atoms with Crippen molar-refractivity contribution in [1.82, 2.24) is 10.1 Å². The van der Waals surface area contributed by atoms with Crippen LogP contribution in [0, 0.1) is 0 Å². The van der Waals surface area contributed by atoms with Crippen LogP contribution < -0.4 is 5.32 Å². The molecule has 2 heterocycles. The zero-order valence-electron chi connectivity index (χ0n) is 9.59. The Kier molecular flexibility index (Phi) is 3.31. The molecule has 0 saturated heterocycles. The molecule has 0 unspecified atom stereocenters. The van der Waals surface area contributed by atoms with Crippen molar-refractivity contribution < 1.29 is 9.32 Å². The molecule has 3 rings (SSSR count). The van der Waals surface area contributed by atoms with E-state index in [0.717, 1.165) is 9.86 Å². The maximum absolute atomic E-state index is 11.9. The molecule has 96 valence electrons. The van der Waals surface area contributed by atoms with Crippen molar-refractivity contribution in [1.29, 1.82) is 0 Å². The summed E-state index contributed by atoms with van der Waals surface area (Å²) in [5.74, 6) is -0.159. The van der Waals surface area contributed by atoms with E-state index in [4.69, 9.17) is 4.52 Å². The minimum atomic E-state index is -0.159. The number of aromatic nitrogens is 2. The fourth-order valence-electron chi connectivity index (χ4n) is 1.69. The first kappa shape index (κ1) is 12.3. The lowest BCUT2D eigenvalue weighted by atomic mass is 10.2. The van der Waals surface area contributed by atoms with Gasteiger partial charge in [0.15, 0.2) is 10.7 Å². The van der Waals surface area contributed by atoms with Crippen LogP contribution in [0.2, 0.25) is 0 Å². The molecule has 1 N–H and O–H groups in total. The van der Waals surface area contributed by atoms with Gasteiger partial charge >= 0.3 is 0 Å². The smallest absolute Gasteiger partial charge is 0.232 e. The molecular formula is C12H8BrN3O2S. The molecule has 0 saturated carbocycles. The van der Waals surface area contributed by atoms with Gasteiger partial charge in [-0.25, -0.2) is 4.98 Å². The summed E-state index contributed by atoms with van der Waals surface area (Å²) in [5, 5.41) is 9.88. The van der Waals surface area contributed by atoms with E-state index in [-0.39, 0.29) is 12.3 Å². The van der Waals surface area contributed by atoms with Crippen molar-refractivity contribution in [2.45, 2.75) is 6.42 Å². The Hall–Kier alpha value is -1.73. The molecule has 0 aliphatic heterocycles. The lowest BCUT2D eigenvalue weighted by Gasteiger charge is -1.98. The number of hydrogen-bond donors (Lipinski definition) is 1. The Balaban J connectivity index is 1.79. The van der Waals surface area contributed by atoms with Crippen LogP contribution in [0.25, 0.3) is 11.0 Å². The summed E-state index contributed by atoms with van der Waals surface area (Å²) in [5.41, 5.74) is 1.28. The van der Waals surface area contributed by atoms with E-state index in [1.165, 1.54) is 11.3 Å². The number of amides is 1. The van der Waals surface area contributed by atoms with Gasteiger partial charge in [0.1, 0.15) is 5.69 Å². The van der Waals surface area contributed by atoms with Crippen LogP contribution in [-0.2, 0) is 11.2 Å². The van der Waals surface area contributed by atoms with Gasteiger partial charge in [0.25, 0.3) is 0 Å². The van der Waals surface area contributed by atoms with Gasteiger partial charge in [0.2, 0.25) is 5.91 Å². The molecular weight excluding hydrogens is 330 g/mol. The third kappa shape index (κ3) is 2.66. The molecule has 1 amide bonds. The summed E-state index contributed by atoms with van der Waals surface area (Å²) in [6.07, 6.45) is 1.80. The topological polar surface area (TPSA) is 68.0 Å². The van der Waals surface area contributed by atoms with Crippen LogP contribution in [0.15, 0.2) is 38.8 Å². The number of thiazole rings is 1. The number of fused-ring (bicyclic) bond motifs is 1.